The van der Waals surface area contributed by atoms with Gasteiger partial charge in [-0.15, -0.1) is 0 Å². The zero-order chi connectivity index (χ0) is 19.9. The minimum absolute atomic E-state index is 0.0379. The van der Waals surface area contributed by atoms with Gasteiger partial charge in [0.05, 0.1) is 13.2 Å². The van der Waals surface area contributed by atoms with Crippen molar-refractivity contribution >= 4 is 5.91 Å². The summed E-state index contributed by atoms with van der Waals surface area (Å²) in [4.78, 5) is 12.6. The van der Waals surface area contributed by atoms with E-state index in [9.17, 15) is 4.79 Å². The molecule has 28 heavy (non-hydrogen) atoms. The number of hydrogen-bond acceptors (Lipinski definition) is 3. The van der Waals surface area contributed by atoms with Crippen LogP contribution in [0, 0.1) is 13.8 Å². The maximum Gasteiger partial charge on any atom is 0.258 e. The van der Waals surface area contributed by atoms with Gasteiger partial charge >= 0.3 is 0 Å². The molecule has 3 aromatic carbocycles. The van der Waals surface area contributed by atoms with Gasteiger partial charge in [-0.05, 0) is 54.3 Å². The maximum absolute atomic E-state index is 12.6. The maximum atomic E-state index is 12.6. The monoisotopic (exact) mass is 375 g/mol. The van der Waals surface area contributed by atoms with Crippen molar-refractivity contribution in [3.8, 4) is 11.5 Å². The van der Waals surface area contributed by atoms with Gasteiger partial charge in [0.1, 0.15) is 11.5 Å². The van der Waals surface area contributed by atoms with Gasteiger partial charge in [-0.3, -0.25) is 4.79 Å². The van der Waals surface area contributed by atoms with E-state index in [1.807, 2.05) is 86.6 Å². The van der Waals surface area contributed by atoms with Crippen LogP contribution in [0.1, 0.15) is 28.3 Å². The molecule has 144 valence electrons. The third kappa shape index (κ3) is 4.92. The summed E-state index contributed by atoms with van der Waals surface area (Å²) in [5.74, 6) is 1.33. The second-order valence-electron chi connectivity index (χ2n) is 6.74. The minimum Gasteiger partial charge on any atom is -0.497 e. The van der Waals surface area contributed by atoms with Crippen LogP contribution in [-0.2, 0) is 4.79 Å². The number of ether oxygens (including phenoxy) is 2. The molecular weight excluding hydrogens is 350 g/mol. The van der Waals surface area contributed by atoms with Gasteiger partial charge in [0.15, 0.2) is 6.61 Å². The lowest BCUT2D eigenvalue weighted by atomic mass is 9.98. The first-order valence-electron chi connectivity index (χ1n) is 9.25. The van der Waals surface area contributed by atoms with Crippen molar-refractivity contribution in [3.05, 3.63) is 95.1 Å². The van der Waals surface area contributed by atoms with Crippen LogP contribution in [0.25, 0.3) is 0 Å². The van der Waals surface area contributed by atoms with Crippen LogP contribution in [0.4, 0.5) is 0 Å². The average Bonchev–Trinajstić information content (AvgIpc) is 2.73. The Morgan fingerprint density at radius 3 is 2.29 bits per heavy atom. The Balaban J connectivity index is 1.75. The highest BCUT2D eigenvalue weighted by Gasteiger charge is 2.17. The van der Waals surface area contributed by atoms with Gasteiger partial charge in [-0.1, -0.05) is 54.6 Å². The first-order chi connectivity index (χ1) is 13.6. The summed E-state index contributed by atoms with van der Waals surface area (Å²) in [7, 11) is 1.64. The number of aryl methyl sites for hydroxylation is 2. The standard InChI is InChI=1S/C24H25NO3/c1-17-9-10-18(2)22(15-17)28-16-23(26)25-24(19-7-5-4-6-8-19)20-11-13-21(27-3)14-12-20/h4-15,24H,16H2,1-3H3,(H,25,26)/t24-/m0/s1. The van der Waals surface area contributed by atoms with Crippen molar-refractivity contribution in [2.75, 3.05) is 13.7 Å². The average molecular weight is 375 g/mol. The second kappa shape index (κ2) is 9.09. The molecule has 3 aromatic rings. The minimum atomic E-state index is -0.262. The molecule has 0 saturated heterocycles. The fraction of sp³-hybridized carbons (Fsp3) is 0.208. The Morgan fingerprint density at radius 2 is 1.61 bits per heavy atom. The lowest BCUT2D eigenvalue weighted by molar-refractivity contribution is -0.123. The molecule has 0 radical (unpaired) electrons. The van der Waals surface area contributed by atoms with Crippen molar-refractivity contribution in [3.63, 3.8) is 0 Å². The van der Waals surface area contributed by atoms with E-state index >= 15 is 0 Å². The zero-order valence-corrected chi connectivity index (χ0v) is 16.4. The number of nitrogens with one attached hydrogen (secondary N) is 1. The van der Waals surface area contributed by atoms with Crippen molar-refractivity contribution < 1.29 is 14.3 Å². The number of carbonyl (C=O) groups is 1. The molecule has 1 atom stereocenters. The fourth-order valence-electron chi connectivity index (χ4n) is 3.01. The molecule has 1 N–H and O–H groups in total. The molecular formula is C24H25NO3. The van der Waals surface area contributed by atoms with Crippen molar-refractivity contribution in [2.24, 2.45) is 0 Å². The highest BCUT2D eigenvalue weighted by molar-refractivity contribution is 5.78. The summed E-state index contributed by atoms with van der Waals surface area (Å²) >= 11 is 0. The van der Waals surface area contributed by atoms with Crippen LogP contribution >= 0.6 is 0 Å². The van der Waals surface area contributed by atoms with E-state index in [-0.39, 0.29) is 18.6 Å². The Morgan fingerprint density at radius 1 is 0.929 bits per heavy atom. The molecule has 4 nitrogen and oxygen atoms in total. The summed E-state index contributed by atoms with van der Waals surface area (Å²) in [6.45, 7) is 3.93. The van der Waals surface area contributed by atoms with E-state index in [1.165, 1.54) is 0 Å². The normalized spacial score (nSPS) is 11.5. The predicted octanol–water partition coefficient (Wildman–Crippen LogP) is 4.60. The topological polar surface area (TPSA) is 47.6 Å². The summed E-state index contributed by atoms with van der Waals surface area (Å²) < 4.78 is 11.0. The van der Waals surface area contributed by atoms with Gasteiger partial charge in [-0.2, -0.15) is 0 Å². The molecule has 0 heterocycles. The van der Waals surface area contributed by atoms with Crippen LogP contribution in [0.5, 0.6) is 11.5 Å². The number of rotatable bonds is 7. The van der Waals surface area contributed by atoms with Gasteiger partial charge < -0.3 is 14.8 Å². The van der Waals surface area contributed by atoms with Gasteiger partial charge in [0, 0.05) is 0 Å². The van der Waals surface area contributed by atoms with Crippen molar-refractivity contribution in [2.45, 2.75) is 19.9 Å². The van der Waals surface area contributed by atoms with Gasteiger partial charge in [-0.25, -0.2) is 0 Å². The number of carbonyl (C=O) groups excluding carboxylic acids is 1. The Bertz CT molecular complexity index is 920. The molecule has 3 rings (SSSR count). The van der Waals surface area contributed by atoms with Gasteiger partial charge in [0.2, 0.25) is 0 Å². The first kappa shape index (κ1) is 19.5. The summed E-state index contributed by atoms with van der Waals surface area (Å²) in [5, 5.41) is 3.09. The van der Waals surface area contributed by atoms with Crippen LogP contribution in [0.15, 0.2) is 72.8 Å². The van der Waals surface area contributed by atoms with Crippen LogP contribution in [0.2, 0.25) is 0 Å². The lowest BCUT2D eigenvalue weighted by Gasteiger charge is -2.20. The third-order valence-electron chi connectivity index (χ3n) is 4.59. The SMILES string of the molecule is COc1ccc([C@@H](NC(=O)COc2cc(C)ccc2C)c2ccccc2)cc1. The van der Waals surface area contributed by atoms with E-state index in [2.05, 4.69) is 5.32 Å². The summed E-state index contributed by atoms with van der Waals surface area (Å²) in [5.41, 5.74) is 4.09. The molecule has 0 fully saturated rings. The molecule has 0 spiro atoms. The second-order valence-corrected chi connectivity index (χ2v) is 6.74. The molecule has 0 aliphatic heterocycles. The Kier molecular flexibility index (Phi) is 6.33. The molecule has 1 amide bonds. The number of benzene rings is 3. The predicted molar refractivity (Wildman–Crippen MR) is 111 cm³/mol. The number of amides is 1. The largest absolute Gasteiger partial charge is 0.497 e. The fourth-order valence-corrected chi connectivity index (χ4v) is 3.01. The quantitative estimate of drug-likeness (QED) is 0.657. The first-order valence-corrected chi connectivity index (χ1v) is 9.25. The van der Waals surface area contributed by atoms with E-state index in [4.69, 9.17) is 9.47 Å². The van der Waals surface area contributed by atoms with Crippen LogP contribution < -0.4 is 14.8 Å². The zero-order valence-electron chi connectivity index (χ0n) is 16.4. The third-order valence-corrected chi connectivity index (χ3v) is 4.59. The van der Waals surface area contributed by atoms with Crippen molar-refractivity contribution in [1.29, 1.82) is 0 Å². The highest BCUT2D eigenvalue weighted by Crippen LogP contribution is 2.24. The number of hydrogen-bond donors (Lipinski definition) is 1. The van der Waals surface area contributed by atoms with E-state index in [0.29, 0.717) is 0 Å². The number of methoxy groups -OCH3 is 1. The van der Waals surface area contributed by atoms with Gasteiger partial charge in [0.25, 0.3) is 5.91 Å². The molecule has 0 unspecified atom stereocenters. The Labute approximate surface area is 166 Å². The Hall–Kier alpha value is -3.27. The van der Waals surface area contributed by atoms with Crippen LogP contribution in [0.3, 0.4) is 0 Å². The van der Waals surface area contributed by atoms with Crippen molar-refractivity contribution in [1.82, 2.24) is 5.32 Å². The highest BCUT2D eigenvalue weighted by atomic mass is 16.5. The van der Waals surface area contributed by atoms with Crippen LogP contribution in [-0.4, -0.2) is 19.6 Å². The molecule has 0 aliphatic rings. The lowest BCUT2D eigenvalue weighted by Crippen LogP contribution is -2.33. The molecule has 0 aliphatic carbocycles. The van der Waals surface area contributed by atoms with E-state index in [1.54, 1.807) is 7.11 Å². The molecule has 0 saturated carbocycles. The summed E-state index contributed by atoms with van der Waals surface area (Å²) in [6.07, 6.45) is 0. The molecule has 0 aromatic heterocycles. The molecule has 0 bridgehead atoms. The van der Waals surface area contributed by atoms with E-state index in [0.717, 1.165) is 33.8 Å². The smallest absolute Gasteiger partial charge is 0.258 e. The molecule has 4 heteroatoms. The summed E-state index contributed by atoms with van der Waals surface area (Å²) in [6, 6.07) is 23.3. The van der Waals surface area contributed by atoms with E-state index < -0.39 is 0 Å².